The van der Waals surface area contributed by atoms with Gasteiger partial charge in [-0.25, -0.2) is 4.98 Å². The Kier molecular flexibility index (Phi) is 4.65. The summed E-state index contributed by atoms with van der Waals surface area (Å²) in [6.45, 7) is 7.19. The first-order valence-electron chi connectivity index (χ1n) is 9.99. The van der Waals surface area contributed by atoms with Gasteiger partial charge in [-0.05, 0) is 26.7 Å². The van der Waals surface area contributed by atoms with Crippen LogP contribution >= 0.6 is 0 Å². The third-order valence-corrected chi connectivity index (χ3v) is 5.99. The van der Waals surface area contributed by atoms with Gasteiger partial charge in [0.15, 0.2) is 5.52 Å². The predicted octanol–water partition coefficient (Wildman–Crippen LogP) is 1.30. The molecule has 0 aromatic carbocycles. The molecule has 1 saturated heterocycles. The quantitative estimate of drug-likeness (QED) is 0.812. The molecule has 0 bridgehead atoms. The summed E-state index contributed by atoms with van der Waals surface area (Å²) in [5.74, 6) is 1.23. The number of piperazine rings is 1. The summed E-state index contributed by atoms with van der Waals surface area (Å²) >= 11 is 0. The first kappa shape index (κ1) is 18.0. The molecule has 1 saturated carbocycles. The molecule has 1 aliphatic heterocycles. The number of hydrogen-bond acceptors (Lipinski definition) is 5. The highest BCUT2D eigenvalue weighted by molar-refractivity contribution is 5.80. The Morgan fingerprint density at radius 2 is 1.81 bits per heavy atom. The summed E-state index contributed by atoms with van der Waals surface area (Å²) in [7, 11) is 1.78. The van der Waals surface area contributed by atoms with Gasteiger partial charge in [-0.15, -0.1) is 0 Å². The van der Waals surface area contributed by atoms with Crippen LogP contribution in [0.1, 0.15) is 38.3 Å². The minimum absolute atomic E-state index is 0.0509. The minimum Gasteiger partial charge on any atom is -0.339 e. The van der Waals surface area contributed by atoms with E-state index in [9.17, 15) is 9.59 Å². The average Bonchev–Trinajstić information content (AvgIpc) is 3.30. The molecule has 0 atom stereocenters. The normalized spacial score (nSPS) is 18.6. The number of aromatic nitrogens is 4. The molecule has 4 rings (SSSR count). The second kappa shape index (κ2) is 6.98. The number of amides is 1. The smallest absolute Gasteiger partial charge is 0.281 e. The van der Waals surface area contributed by atoms with Gasteiger partial charge in [-0.1, -0.05) is 12.8 Å². The number of aryl methyl sites for hydroxylation is 2. The number of carbonyl (C=O) groups excluding carboxylic acids is 1. The van der Waals surface area contributed by atoms with Crippen LogP contribution in [0.3, 0.4) is 0 Å². The van der Waals surface area contributed by atoms with Crippen LogP contribution in [0.15, 0.2) is 4.79 Å². The van der Waals surface area contributed by atoms with E-state index in [1.165, 1.54) is 12.8 Å². The van der Waals surface area contributed by atoms with Crippen molar-refractivity contribution in [1.82, 2.24) is 24.2 Å². The van der Waals surface area contributed by atoms with E-state index in [1.807, 2.05) is 18.7 Å². The number of anilines is 1. The third kappa shape index (κ3) is 3.00. The second-order valence-electron chi connectivity index (χ2n) is 7.66. The van der Waals surface area contributed by atoms with Crippen LogP contribution in [0.25, 0.3) is 11.0 Å². The Morgan fingerprint density at radius 3 is 2.44 bits per heavy atom. The first-order chi connectivity index (χ1) is 13.0. The van der Waals surface area contributed by atoms with Crippen LogP contribution in [0, 0.1) is 12.8 Å². The van der Waals surface area contributed by atoms with E-state index in [2.05, 4.69) is 10.00 Å². The molecule has 8 heteroatoms. The molecular weight excluding hydrogens is 344 g/mol. The Morgan fingerprint density at radius 1 is 1.15 bits per heavy atom. The van der Waals surface area contributed by atoms with E-state index in [1.54, 1.807) is 16.3 Å². The molecule has 0 radical (unpaired) electrons. The van der Waals surface area contributed by atoms with Crippen molar-refractivity contribution in [2.75, 3.05) is 31.1 Å². The maximum absolute atomic E-state index is 13.0. The van der Waals surface area contributed by atoms with Crippen molar-refractivity contribution < 1.29 is 4.79 Å². The summed E-state index contributed by atoms with van der Waals surface area (Å²) in [5, 5.41) is 4.36. The fourth-order valence-electron chi connectivity index (χ4n) is 4.48. The molecule has 2 aromatic heterocycles. The molecule has 8 nitrogen and oxygen atoms in total. The van der Waals surface area contributed by atoms with Gasteiger partial charge in [-0.3, -0.25) is 18.8 Å². The van der Waals surface area contributed by atoms with E-state index in [0.717, 1.165) is 18.5 Å². The number of nitrogens with zero attached hydrogens (tertiary/aromatic N) is 6. The van der Waals surface area contributed by atoms with Gasteiger partial charge in [0.05, 0.1) is 5.69 Å². The van der Waals surface area contributed by atoms with Gasteiger partial charge in [0, 0.05) is 45.7 Å². The summed E-state index contributed by atoms with van der Waals surface area (Å²) in [6.07, 6.45) is 4.42. The molecule has 1 amide bonds. The molecular formula is C19H28N6O2. The van der Waals surface area contributed by atoms with Gasteiger partial charge >= 0.3 is 0 Å². The monoisotopic (exact) mass is 372 g/mol. The lowest BCUT2D eigenvalue weighted by Crippen LogP contribution is -2.51. The van der Waals surface area contributed by atoms with E-state index >= 15 is 0 Å². The van der Waals surface area contributed by atoms with Crippen molar-refractivity contribution in [1.29, 1.82) is 0 Å². The van der Waals surface area contributed by atoms with Crippen LogP contribution in [0.2, 0.25) is 0 Å². The maximum Gasteiger partial charge on any atom is 0.281 e. The lowest BCUT2D eigenvalue weighted by Gasteiger charge is -2.37. The Labute approximate surface area is 158 Å². The number of carbonyl (C=O) groups is 1. The molecule has 3 heterocycles. The topological polar surface area (TPSA) is 76.3 Å². The van der Waals surface area contributed by atoms with Crippen LogP contribution in [0.5, 0.6) is 0 Å². The van der Waals surface area contributed by atoms with Gasteiger partial charge in [0.2, 0.25) is 11.9 Å². The summed E-state index contributed by atoms with van der Waals surface area (Å²) in [4.78, 5) is 34.6. The SMILES string of the molecule is CCn1c(N2CCN(C(=O)C3CCCC3)CC2)nc2c(C)nn(C)c2c1=O. The van der Waals surface area contributed by atoms with E-state index in [-0.39, 0.29) is 11.5 Å². The molecule has 0 spiro atoms. The molecule has 2 aliphatic rings. The largest absolute Gasteiger partial charge is 0.339 e. The fourth-order valence-corrected chi connectivity index (χ4v) is 4.48. The number of hydrogen-bond donors (Lipinski definition) is 0. The van der Waals surface area contributed by atoms with Crippen molar-refractivity contribution in [3.63, 3.8) is 0 Å². The van der Waals surface area contributed by atoms with Gasteiger partial charge < -0.3 is 9.80 Å². The van der Waals surface area contributed by atoms with Gasteiger partial charge in [-0.2, -0.15) is 5.10 Å². The molecule has 2 aromatic rings. The number of fused-ring (bicyclic) bond motifs is 1. The van der Waals surface area contributed by atoms with Crippen molar-refractivity contribution in [2.45, 2.75) is 46.1 Å². The summed E-state index contributed by atoms with van der Waals surface area (Å²) in [5.41, 5.74) is 1.94. The van der Waals surface area contributed by atoms with Crippen LogP contribution in [-0.4, -0.2) is 56.3 Å². The molecule has 0 unspecified atom stereocenters. The van der Waals surface area contributed by atoms with Crippen molar-refractivity contribution >= 4 is 22.9 Å². The number of rotatable bonds is 3. The van der Waals surface area contributed by atoms with E-state index in [0.29, 0.717) is 55.6 Å². The third-order valence-electron chi connectivity index (χ3n) is 5.99. The highest BCUT2D eigenvalue weighted by atomic mass is 16.2. The Hall–Kier alpha value is -2.38. The second-order valence-corrected chi connectivity index (χ2v) is 7.66. The zero-order valence-electron chi connectivity index (χ0n) is 16.4. The fraction of sp³-hybridized carbons (Fsp3) is 0.684. The highest BCUT2D eigenvalue weighted by Gasteiger charge is 2.30. The van der Waals surface area contributed by atoms with Crippen LogP contribution in [-0.2, 0) is 18.4 Å². The lowest BCUT2D eigenvalue weighted by atomic mass is 10.1. The van der Waals surface area contributed by atoms with Gasteiger partial charge in [0.1, 0.15) is 5.52 Å². The Balaban J connectivity index is 1.59. The molecule has 0 N–H and O–H groups in total. The van der Waals surface area contributed by atoms with Crippen LogP contribution in [0.4, 0.5) is 5.95 Å². The van der Waals surface area contributed by atoms with E-state index in [4.69, 9.17) is 4.98 Å². The van der Waals surface area contributed by atoms with Crippen molar-refractivity contribution in [2.24, 2.45) is 13.0 Å². The summed E-state index contributed by atoms with van der Waals surface area (Å²) < 4.78 is 3.34. The first-order valence-corrected chi connectivity index (χ1v) is 9.99. The molecule has 27 heavy (non-hydrogen) atoms. The lowest BCUT2D eigenvalue weighted by molar-refractivity contribution is -0.135. The van der Waals surface area contributed by atoms with Crippen molar-refractivity contribution in [3.05, 3.63) is 16.0 Å². The minimum atomic E-state index is -0.0509. The molecule has 2 fully saturated rings. The van der Waals surface area contributed by atoms with Crippen molar-refractivity contribution in [3.8, 4) is 0 Å². The summed E-state index contributed by atoms with van der Waals surface area (Å²) in [6, 6.07) is 0. The standard InChI is InChI=1S/C19H28N6O2/c1-4-25-18(27)16-15(13(2)21-22(16)3)20-19(25)24-11-9-23(10-12-24)17(26)14-7-5-6-8-14/h14H,4-12H2,1-3H3. The zero-order chi connectivity index (χ0) is 19.1. The zero-order valence-corrected chi connectivity index (χ0v) is 16.4. The predicted molar refractivity (Wildman–Crippen MR) is 104 cm³/mol. The van der Waals surface area contributed by atoms with Crippen LogP contribution < -0.4 is 10.5 Å². The van der Waals surface area contributed by atoms with E-state index < -0.39 is 0 Å². The van der Waals surface area contributed by atoms with Gasteiger partial charge in [0.25, 0.3) is 5.56 Å². The average molecular weight is 372 g/mol. The molecule has 1 aliphatic carbocycles. The molecule has 146 valence electrons. The maximum atomic E-state index is 13.0. The Bertz CT molecular complexity index is 916. The highest BCUT2D eigenvalue weighted by Crippen LogP contribution is 2.27.